The fraction of sp³-hybridized carbons (Fsp3) is 0.667. The van der Waals surface area contributed by atoms with Crippen molar-refractivity contribution in [1.82, 2.24) is 15.3 Å². The highest BCUT2D eigenvalue weighted by atomic mass is 15.2. The van der Waals surface area contributed by atoms with Crippen molar-refractivity contribution in [3.05, 3.63) is 17.6 Å². The maximum atomic E-state index is 4.67. The van der Waals surface area contributed by atoms with E-state index >= 15 is 0 Å². The number of nitrogens with zero attached hydrogens (tertiary/aromatic N) is 3. The molecule has 2 rings (SSSR count). The van der Waals surface area contributed by atoms with Crippen molar-refractivity contribution in [2.24, 2.45) is 0 Å². The van der Waals surface area contributed by atoms with Gasteiger partial charge < -0.3 is 10.2 Å². The first-order chi connectivity index (χ1) is 7.85. The van der Waals surface area contributed by atoms with Gasteiger partial charge in [-0.1, -0.05) is 6.92 Å². The topological polar surface area (TPSA) is 41.1 Å². The van der Waals surface area contributed by atoms with Gasteiger partial charge in [0.1, 0.15) is 11.6 Å². The van der Waals surface area contributed by atoms with Crippen LogP contribution in [0.2, 0.25) is 0 Å². The number of nitrogens with one attached hydrogen (secondary N) is 1. The van der Waals surface area contributed by atoms with E-state index in [1.54, 1.807) is 0 Å². The van der Waals surface area contributed by atoms with Crippen LogP contribution < -0.4 is 10.2 Å². The molecule has 1 aliphatic heterocycles. The van der Waals surface area contributed by atoms with Gasteiger partial charge in [-0.2, -0.15) is 0 Å². The van der Waals surface area contributed by atoms with Gasteiger partial charge in [0.25, 0.3) is 0 Å². The molecule has 1 aromatic heterocycles. The number of anilines is 1. The highest BCUT2D eigenvalue weighted by Gasteiger charge is 2.17. The normalized spacial score (nSPS) is 15.8. The van der Waals surface area contributed by atoms with Crippen LogP contribution in [0, 0.1) is 0 Å². The molecule has 0 radical (unpaired) electrons. The van der Waals surface area contributed by atoms with Crippen LogP contribution in [0.3, 0.4) is 0 Å². The van der Waals surface area contributed by atoms with Crippen LogP contribution in [0.25, 0.3) is 0 Å². The van der Waals surface area contributed by atoms with Crippen LogP contribution in [-0.4, -0.2) is 30.1 Å². The Morgan fingerprint density at radius 2 is 2.12 bits per heavy atom. The number of aromatic nitrogens is 2. The molecule has 1 saturated heterocycles. The largest absolute Gasteiger partial charge is 0.356 e. The van der Waals surface area contributed by atoms with Gasteiger partial charge in [-0.3, -0.25) is 0 Å². The van der Waals surface area contributed by atoms with E-state index in [0.717, 1.165) is 37.7 Å². The summed E-state index contributed by atoms with van der Waals surface area (Å²) in [4.78, 5) is 11.4. The summed E-state index contributed by atoms with van der Waals surface area (Å²) in [6, 6.07) is 0. The molecule has 0 saturated carbocycles. The van der Waals surface area contributed by atoms with Gasteiger partial charge in [0.2, 0.25) is 0 Å². The molecule has 0 amide bonds. The van der Waals surface area contributed by atoms with Gasteiger partial charge in [0, 0.05) is 37.8 Å². The fourth-order valence-electron chi connectivity index (χ4n) is 2.12. The lowest BCUT2D eigenvalue weighted by Gasteiger charge is -2.20. The minimum Gasteiger partial charge on any atom is -0.356 e. The average molecular weight is 220 g/mol. The lowest BCUT2D eigenvalue weighted by molar-refractivity contribution is 0.779. The Labute approximate surface area is 97.1 Å². The molecule has 0 atom stereocenters. The van der Waals surface area contributed by atoms with E-state index in [1.165, 1.54) is 18.4 Å². The third kappa shape index (κ3) is 2.32. The maximum absolute atomic E-state index is 4.67. The molecule has 4 nitrogen and oxygen atoms in total. The summed E-state index contributed by atoms with van der Waals surface area (Å²) in [5, 5.41) is 3.18. The Morgan fingerprint density at radius 3 is 2.75 bits per heavy atom. The Balaban J connectivity index is 2.29. The van der Waals surface area contributed by atoms with Gasteiger partial charge in [0.05, 0.1) is 0 Å². The first-order valence-electron chi connectivity index (χ1n) is 6.09. The molecule has 1 aromatic rings. The molecule has 0 unspecified atom stereocenters. The summed E-state index contributed by atoms with van der Waals surface area (Å²) in [5.74, 6) is 2.08. The maximum Gasteiger partial charge on any atom is 0.136 e. The molecule has 1 fully saturated rings. The van der Waals surface area contributed by atoms with E-state index < -0.39 is 0 Å². The molecular formula is C12H20N4. The van der Waals surface area contributed by atoms with Gasteiger partial charge in [-0.25, -0.2) is 9.97 Å². The lowest BCUT2D eigenvalue weighted by Crippen LogP contribution is -2.23. The highest BCUT2D eigenvalue weighted by molar-refractivity contribution is 5.46. The van der Waals surface area contributed by atoms with Gasteiger partial charge in [0.15, 0.2) is 0 Å². The number of hydrogen-bond acceptors (Lipinski definition) is 4. The Hall–Kier alpha value is -1.16. The van der Waals surface area contributed by atoms with E-state index in [-0.39, 0.29) is 0 Å². The molecular weight excluding hydrogens is 200 g/mol. The molecule has 0 aromatic carbocycles. The average Bonchev–Trinajstić information content (AvgIpc) is 2.83. The van der Waals surface area contributed by atoms with Crippen LogP contribution >= 0.6 is 0 Å². The molecule has 16 heavy (non-hydrogen) atoms. The summed E-state index contributed by atoms with van der Waals surface area (Å²) in [6.45, 7) is 5.21. The summed E-state index contributed by atoms with van der Waals surface area (Å²) in [5.41, 5.74) is 1.21. The molecule has 4 heteroatoms. The van der Waals surface area contributed by atoms with Crippen molar-refractivity contribution >= 4 is 5.82 Å². The quantitative estimate of drug-likeness (QED) is 0.832. The van der Waals surface area contributed by atoms with E-state index in [9.17, 15) is 0 Å². The van der Waals surface area contributed by atoms with Crippen molar-refractivity contribution in [3.63, 3.8) is 0 Å². The predicted molar refractivity (Wildman–Crippen MR) is 65.6 cm³/mol. The second-order valence-corrected chi connectivity index (χ2v) is 4.21. The van der Waals surface area contributed by atoms with Gasteiger partial charge in [-0.15, -0.1) is 0 Å². The van der Waals surface area contributed by atoms with Crippen LogP contribution in [0.5, 0.6) is 0 Å². The zero-order chi connectivity index (χ0) is 11.4. The molecule has 0 aliphatic carbocycles. The molecule has 1 N–H and O–H groups in total. The number of hydrogen-bond donors (Lipinski definition) is 1. The first kappa shape index (κ1) is 11.3. The fourth-order valence-corrected chi connectivity index (χ4v) is 2.12. The monoisotopic (exact) mass is 220 g/mol. The predicted octanol–water partition coefficient (Wildman–Crippen LogP) is 1.36. The lowest BCUT2D eigenvalue weighted by atomic mass is 10.2. The number of aryl methyl sites for hydroxylation is 1. The zero-order valence-electron chi connectivity index (χ0n) is 10.2. The SMILES string of the molecule is CCc1ncc(CNC)c(N2CCCC2)n1. The Bertz CT molecular complexity index is 345. The first-order valence-corrected chi connectivity index (χ1v) is 6.09. The van der Waals surface area contributed by atoms with Crippen molar-refractivity contribution in [3.8, 4) is 0 Å². The second-order valence-electron chi connectivity index (χ2n) is 4.21. The van der Waals surface area contributed by atoms with E-state index in [0.29, 0.717) is 0 Å². The molecule has 1 aliphatic rings. The summed E-state index contributed by atoms with van der Waals surface area (Å²) < 4.78 is 0. The Kier molecular flexibility index (Phi) is 3.72. The highest BCUT2D eigenvalue weighted by Crippen LogP contribution is 2.22. The molecule has 2 heterocycles. The zero-order valence-corrected chi connectivity index (χ0v) is 10.2. The minimum atomic E-state index is 0.843. The summed E-state index contributed by atoms with van der Waals surface area (Å²) in [6.07, 6.45) is 5.44. The van der Waals surface area contributed by atoms with E-state index in [1.807, 2.05) is 13.2 Å². The van der Waals surface area contributed by atoms with Gasteiger partial charge >= 0.3 is 0 Å². The van der Waals surface area contributed by atoms with Crippen molar-refractivity contribution in [1.29, 1.82) is 0 Å². The summed E-state index contributed by atoms with van der Waals surface area (Å²) in [7, 11) is 1.96. The van der Waals surface area contributed by atoms with Gasteiger partial charge in [-0.05, 0) is 19.9 Å². The van der Waals surface area contributed by atoms with E-state index in [4.69, 9.17) is 0 Å². The molecule has 0 spiro atoms. The van der Waals surface area contributed by atoms with Crippen LogP contribution in [0.4, 0.5) is 5.82 Å². The van der Waals surface area contributed by atoms with E-state index in [2.05, 4.69) is 27.1 Å². The third-order valence-corrected chi connectivity index (χ3v) is 2.98. The van der Waals surface area contributed by atoms with Crippen molar-refractivity contribution in [2.75, 3.05) is 25.0 Å². The van der Waals surface area contributed by atoms with Crippen molar-refractivity contribution in [2.45, 2.75) is 32.7 Å². The minimum absolute atomic E-state index is 0.843. The smallest absolute Gasteiger partial charge is 0.136 e. The number of rotatable bonds is 4. The Morgan fingerprint density at radius 1 is 1.38 bits per heavy atom. The van der Waals surface area contributed by atoms with Crippen molar-refractivity contribution < 1.29 is 0 Å². The molecule has 88 valence electrons. The molecule has 0 bridgehead atoms. The summed E-state index contributed by atoms with van der Waals surface area (Å²) >= 11 is 0. The standard InChI is InChI=1S/C12H20N4/c1-3-11-14-9-10(8-13-2)12(15-11)16-6-4-5-7-16/h9,13H,3-8H2,1-2H3. The van der Waals surface area contributed by atoms with Crippen LogP contribution in [0.15, 0.2) is 6.20 Å². The third-order valence-electron chi connectivity index (χ3n) is 2.98. The van der Waals surface area contributed by atoms with Crippen LogP contribution in [0.1, 0.15) is 31.2 Å². The van der Waals surface area contributed by atoms with Crippen LogP contribution in [-0.2, 0) is 13.0 Å². The second kappa shape index (κ2) is 5.25.